The Bertz CT molecular complexity index is 297. The SMILES string of the molecule is CC(C)(CO)c1cccc(CON)c1. The molecule has 0 unspecified atom stereocenters. The summed E-state index contributed by atoms with van der Waals surface area (Å²) in [5, 5.41) is 9.21. The van der Waals surface area contributed by atoms with E-state index < -0.39 is 0 Å². The van der Waals surface area contributed by atoms with E-state index in [9.17, 15) is 5.11 Å². The highest BCUT2D eigenvalue weighted by molar-refractivity contribution is 5.28. The van der Waals surface area contributed by atoms with Crippen molar-refractivity contribution >= 4 is 0 Å². The van der Waals surface area contributed by atoms with E-state index in [1.54, 1.807) is 0 Å². The second-order valence-electron chi connectivity index (χ2n) is 4.05. The topological polar surface area (TPSA) is 55.5 Å². The molecule has 0 saturated carbocycles. The second kappa shape index (κ2) is 4.55. The normalized spacial score (nSPS) is 11.7. The molecule has 1 aromatic rings. The molecule has 0 aliphatic rings. The number of aliphatic hydroxyl groups excluding tert-OH is 1. The van der Waals surface area contributed by atoms with Gasteiger partial charge >= 0.3 is 0 Å². The summed E-state index contributed by atoms with van der Waals surface area (Å²) >= 11 is 0. The van der Waals surface area contributed by atoms with Crippen LogP contribution in [0, 0.1) is 0 Å². The first-order chi connectivity index (χ1) is 6.60. The van der Waals surface area contributed by atoms with Gasteiger partial charge in [-0.3, -0.25) is 4.84 Å². The van der Waals surface area contributed by atoms with Gasteiger partial charge in [0.25, 0.3) is 0 Å². The third-order valence-corrected chi connectivity index (χ3v) is 2.35. The van der Waals surface area contributed by atoms with Crippen LogP contribution in [0.2, 0.25) is 0 Å². The minimum atomic E-state index is -0.218. The summed E-state index contributed by atoms with van der Waals surface area (Å²) in [5.74, 6) is 5.00. The van der Waals surface area contributed by atoms with Crippen LogP contribution in [0.5, 0.6) is 0 Å². The van der Waals surface area contributed by atoms with Gasteiger partial charge in [0.1, 0.15) is 0 Å². The van der Waals surface area contributed by atoms with E-state index in [4.69, 9.17) is 5.90 Å². The summed E-state index contributed by atoms with van der Waals surface area (Å²) in [5.41, 5.74) is 1.89. The van der Waals surface area contributed by atoms with Crippen molar-refractivity contribution in [3.63, 3.8) is 0 Å². The number of hydrogen-bond acceptors (Lipinski definition) is 3. The van der Waals surface area contributed by atoms with Gasteiger partial charge in [-0.2, -0.15) is 0 Å². The smallest absolute Gasteiger partial charge is 0.0930 e. The zero-order valence-electron chi connectivity index (χ0n) is 8.66. The number of aliphatic hydroxyl groups is 1. The first-order valence-corrected chi connectivity index (χ1v) is 4.62. The molecule has 78 valence electrons. The minimum Gasteiger partial charge on any atom is -0.395 e. The maximum Gasteiger partial charge on any atom is 0.0930 e. The molecule has 0 aromatic heterocycles. The molecule has 3 heteroatoms. The van der Waals surface area contributed by atoms with Crippen LogP contribution in [-0.2, 0) is 16.9 Å². The first-order valence-electron chi connectivity index (χ1n) is 4.62. The van der Waals surface area contributed by atoms with Crippen molar-refractivity contribution in [3.05, 3.63) is 35.4 Å². The molecule has 3 nitrogen and oxygen atoms in total. The molecule has 1 aromatic carbocycles. The van der Waals surface area contributed by atoms with Crippen molar-refractivity contribution < 1.29 is 9.94 Å². The molecule has 0 aliphatic heterocycles. The Kier molecular flexibility index (Phi) is 3.63. The lowest BCUT2D eigenvalue weighted by atomic mass is 9.85. The Morgan fingerprint density at radius 3 is 2.71 bits per heavy atom. The number of benzene rings is 1. The Balaban J connectivity index is 2.93. The molecule has 0 fully saturated rings. The van der Waals surface area contributed by atoms with Gasteiger partial charge in [-0.1, -0.05) is 38.1 Å². The van der Waals surface area contributed by atoms with Gasteiger partial charge in [0, 0.05) is 5.41 Å². The Morgan fingerprint density at radius 1 is 1.43 bits per heavy atom. The van der Waals surface area contributed by atoms with Crippen LogP contribution in [0.15, 0.2) is 24.3 Å². The van der Waals surface area contributed by atoms with E-state index in [0.29, 0.717) is 6.61 Å². The molecule has 3 N–H and O–H groups in total. The summed E-state index contributed by atoms with van der Waals surface area (Å²) < 4.78 is 0. The molecule has 0 spiro atoms. The first kappa shape index (κ1) is 11.2. The van der Waals surface area contributed by atoms with Gasteiger partial charge in [0.2, 0.25) is 0 Å². The lowest BCUT2D eigenvalue weighted by Gasteiger charge is -2.22. The zero-order valence-corrected chi connectivity index (χ0v) is 8.66. The van der Waals surface area contributed by atoms with Crippen LogP contribution >= 0.6 is 0 Å². The molecule has 0 bridgehead atoms. The van der Waals surface area contributed by atoms with E-state index in [1.807, 2.05) is 38.1 Å². The summed E-state index contributed by atoms with van der Waals surface area (Å²) in [6.07, 6.45) is 0. The lowest BCUT2D eigenvalue weighted by Crippen LogP contribution is -2.22. The molecular weight excluding hydrogens is 178 g/mol. The van der Waals surface area contributed by atoms with Crippen LogP contribution in [0.25, 0.3) is 0 Å². The van der Waals surface area contributed by atoms with E-state index in [1.165, 1.54) is 0 Å². The Morgan fingerprint density at radius 2 is 2.14 bits per heavy atom. The molecule has 14 heavy (non-hydrogen) atoms. The molecule has 0 amide bonds. The van der Waals surface area contributed by atoms with E-state index in [2.05, 4.69) is 4.84 Å². The molecule has 1 rings (SSSR count). The highest BCUT2D eigenvalue weighted by Gasteiger charge is 2.19. The van der Waals surface area contributed by atoms with Gasteiger partial charge in [-0.15, -0.1) is 0 Å². The number of hydrogen-bond donors (Lipinski definition) is 2. The average Bonchev–Trinajstić information content (AvgIpc) is 2.19. The van der Waals surface area contributed by atoms with Gasteiger partial charge in [0.15, 0.2) is 0 Å². The summed E-state index contributed by atoms with van der Waals surface area (Å²) in [6, 6.07) is 7.89. The fourth-order valence-corrected chi connectivity index (χ4v) is 1.27. The van der Waals surface area contributed by atoms with Gasteiger partial charge in [0.05, 0.1) is 13.2 Å². The molecule has 0 radical (unpaired) electrons. The standard InChI is InChI=1S/C11H17NO2/c1-11(2,8-13)10-5-3-4-9(6-10)7-14-12/h3-6,13H,7-8,12H2,1-2H3. The van der Waals surface area contributed by atoms with Crippen molar-refractivity contribution in [2.75, 3.05) is 6.61 Å². The Hall–Kier alpha value is -0.900. The van der Waals surface area contributed by atoms with Crippen molar-refractivity contribution in [3.8, 4) is 0 Å². The monoisotopic (exact) mass is 195 g/mol. The third kappa shape index (κ3) is 2.54. The largest absolute Gasteiger partial charge is 0.395 e. The summed E-state index contributed by atoms with van der Waals surface area (Å²) in [6.45, 7) is 4.51. The van der Waals surface area contributed by atoms with E-state index in [0.717, 1.165) is 11.1 Å². The van der Waals surface area contributed by atoms with Crippen molar-refractivity contribution in [2.24, 2.45) is 5.90 Å². The van der Waals surface area contributed by atoms with Gasteiger partial charge in [-0.25, -0.2) is 5.90 Å². The third-order valence-electron chi connectivity index (χ3n) is 2.35. The fraction of sp³-hybridized carbons (Fsp3) is 0.455. The number of rotatable bonds is 4. The van der Waals surface area contributed by atoms with Crippen molar-refractivity contribution in [1.82, 2.24) is 0 Å². The maximum atomic E-state index is 9.21. The van der Waals surface area contributed by atoms with E-state index in [-0.39, 0.29) is 12.0 Å². The molecule has 0 saturated heterocycles. The summed E-state index contributed by atoms with van der Waals surface area (Å²) in [7, 11) is 0. The maximum absolute atomic E-state index is 9.21. The Labute approximate surface area is 84.5 Å². The predicted octanol–water partition coefficient (Wildman–Crippen LogP) is 1.35. The number of nitrogens with two attached hydrogens (primary N) is 1. The fourth-order valence-electron chi connectivity index (χ4n) is 1.27. The zero-order chi connectivity index (χ0) is 10.6. The van der Waals surface area contributed by atoms with Crippen LogP contribution in [0.1, 0.15) is 25.0 Å². The molecule has 0 aliphatic carbocycles. The second-order valence-corrected chi connectivity index (χ2v) is 4.05. The van der Waals surface area contributed by atoms with Gasteiger partial charge in [-0.05, 0) is 11.1 Å². The van der Waals surface area contributed by atoms with Crippen molar-refractivity contribution in [1.29, 1.82) is 0 Å². The van der Waals surface area contributed by atoms with Crippen LogP contribution < -0.4 is 5.90 Å². The average molecular weight is 195 g/mol. The highest BCUT2D eigenvalue weighted by Crippen LogP contribution is 2.23. The molecule has 0 atom stereocenters. The molecular formula is C11H17NO2. The van der Waals surface area contributed by atoms with E-state index >= 15 is 0 Å². The predicted molar refractivity (Wildman–Crippen MR) is 55.5 cm³/mol. The quantitative estimate of drug-likeness (QED) is 0.713. The highest BCUT2D eigenvalue weighted by atomic mass is 16.6. The van der Waals surface area contributed by atoms with Gasteiger partial charge < -0.3 is 5.11 Å². The van der Waals surface area contributed by atoms with Crippen LogP contribution in [0.3, 0.4) is 0 Å². The minimum absolute atomic E-state index is 0.125. The van der Waals surface area contributed by atoms with Crippen molar-refractivity contribution in [2.45, 2.75) is 25.9 Å². The lowest BCUT2D eigenvalue weighted by molar-refractivity contribution is 0.124. The van der Waals surface area contributed by atoms with Crippen LogP contribution in [0.4, 0.5) is 0 Å². The molecule has 0 heterocycles. The van der Waals surface area contributed by atoms with Crippen LogP contribution in [-0.4, -0.2) is 11.7 Å². The summed E-state index contributed by atoms with van der Waals surface area (Å²) in [4.78, 5) is 4.57.